The van der Waals surface area contributed by atoms with Gasteiger partial charge in [-0.05, 0) is 66.8 Å². The number of anilines is 2. The molecule has 1 aliphatic rings. The highest BCUT2D eigenvalue weighted by molar-refractivity contribution is 5.94. The molecule has 26 heavy (non-hydrogen) atoms. The average Bonchev–Trinajstić information content (AvgIpc) is 3.09. The Morgan fingerprint density at radius 2 is 1.62 bits per heavy atom. The van der Waals surface area contributed by atoms with E-state index >= 15 is 0 Å². The summed E-state index contributed by atoms with van der Waals surface area (Å²) in [5, 5.41) is 5.60. The van der Waals surface area contributed by atoms with E-state index in [9.17, 15) is 9.59 Å². The Labute approximate surface area is 153 Å². The summed E-state index contributed by atoms with van der Waals surface area (Å²) in [6.07, 6.45) is 3.40. The number of aryl methyl sites for hydroxylation is 2. The van der Waals surface area contributed by atoms with Gasteiger partial charge in [0.1, 0.15) is 5.75 Å². The summed E-state index contributed by atoms with van der Waals surface area (Å²) in [5.41, 5.74) is 4.07. The summed E-state index contributed by atoms with van der Waals surface area (Å²) in [7, 11) is 0. The molecule has 3 rings (SSSR count). The molecule has 0 aromatic heterocycles. The van der Waals surface area contributed by atoms with Gasteiger partial charge in [-0.1, -0.05) is 19.9 Å². The van der Waals surface area contributed by atoms with Crippen LogP contribution in [0.2, 0.25) is 0 Å². The van der Waals surface area contributed by atoms with Crippen LogP contribution in [0.5, 0.6) is 5.75 Å². The Bertz CT molecular complexity index is 797. The molecular formula is C21H24N2O3. The number of nitrogens with one attached hydrogen (secondary N) is 2. The summed E-state index contributed by atoms with van der Waals surface area (Å²) in [5.74, 6) is 0.396. The van der Waals surface area contributed by atoms with E-state index < -0.39 is 0 Å². The third-order valence-electron chi connectivity index (χ3n) is 4.40. The van der Waals surface area contributed by atoms with Crippen LogP contribution >= 0.6 is 0 Å². The van der Waals surface area contributed by atoms with Crippen LogP contribution in [0.1, 0.15) is 31.4 Å². The van der Waals surface area contributed by atoms with Crippen LogP contribution in [0.3, 0.4) is 0 Å². The third kappa shape index (κ3) is 4.63. The highest BCUT2D eigenvalue weighted by atomic mass is 16.5. The second-order valence-electron chi connectivity index (χ2n) is 6.84. The van der Waals surface area contributed by atoms with Gasteiger partial charge in [-0.25, -0.2) is 0 Å². The van der Waals surface area contributed by atoms with E-state index in [1.165, 1.54) is 17.5 Å². The highest BCUT2D eigenvalue weighted by Gasteiger charge is 2.12. The normalized spacial score (nSPS) is 12.6. The van der Waals surface area contributed by atoms with Gasteiger partial charge in [-0.3, -0.25) is 9.59 Å². The minimum absolute atomic E-state index is 0.0371. The standard InChI is InChI=1S/C21H24N2O3/c1-14(2)21(25)23-18-9-7-17(8-10-18)22-20(24)13-26-19-11-6-15-4-3-5-16(15)12-19/h6-12,14H,3-5,13H2,1-2H3,(H,22,24)(H,23,25). The quantitative estimate of drug-likeness (QED) is 0.831. The van der Waals surface area contributed by atoms with Crippen molar-refractivity contribution in [1.82, 2.24) is 0 Å². The molecule has 0 atom stereocenters. The molecule has 2 amide bonds. The van der Waals surface area contributed by atoms with Crippen molar-refractivity contribution >= 4 is 23.2 Å². The first-order chi connectivity index (χ1) is 12.5. The molecule has 0 bridgehead atoms. The van der Waals surface area contributed by atoms with Crippen LogP contribution in [-0.2, 0) is 22.4 Å². The Balaban J connectivity index is 1.49. The van der Waals surface area contributed by atoms with Gasteiger partial charge >= 0.3 is 0 Å². The van der Waals surface area contributed by atoms with Crippen molar-refractivity contribution in [3.8, 4) is 5.75 Å². The zero-order valence-electron chi connectivity index (χ0n) is 15.2. The van der Waals surface area contributed by atoms with Crippen molar-refractivity contribution in [2.45, 2.75) is 33.1 Å². The molecule has 0 aliphatic heterocycles. The van der Waals surface area contributed by atoms with E-state index in [0.29, 0.717) is 11.4 Å². The fourth-order valence-electron chi connectivity index (χ4n) is 2.91. The summed E-state index contributed by atoms with van der Waals surface area (Å²) < 4.78 is 5.60. The van der Waals surface area contributed by atoms with Crippen molar-refractivity contribution in [2.75, 3.05) is 17.2 Å². The van der Waals surface area contributed by atoms with E-state index in [1.807, 2.05) is 26.0 Å². The van der Waals surface area contributed by atoms with Crippen LogP contribution < -0.4 is 15.4 Å². The van der Waals surface area contributed by atoms with Crippen LogP contribution in [0.15, 0.2) is 42.5 Å². The zero-order chi connectivity index (χ0) is 18.5. The molecule has 2 aromatic carbocycles. The predicted octanol–water partition coefficient (Wildman–Crippen LogP) is 3.79. The minimum Gasteiger partial charge on any atom is -0.484 e. The minimum atomic E-state index is -0.218. The second-order valence-corrected chi connectivity index (χ2v) is 6.84. The Hall–Kier alpha value is -2.82. The van der Waals surface area contributed by atoms with Gasteiger partial charge in [-0.2, -0.15) is 0 Å². The van der Waals surface area contributed by atoms with E-state index in [-0.39, 0.29) is 24.3 Å². The maximum absolute atomic E-state index is 12.1. The summed E-state index contributed by atoms with van der Waals surface area (Å²) in [6, 6.07) is 13.1. The lowest BCUT2D eigenvalue weighted by Gasteiger charge is -2.10. The number of rotatable bonds is 6. The average molecular weight is 352 g/mol. The van der Waals surface area contributed by atoms with Crippen LogP contribution in [0.25, 0.3) is 0 Å². The number of carbonyl (C=O) groups excluding carboxylic acids is 2. The Morgan fingerprint density at radius 3 is 2.31 bits per heavy atom. The molecular weight excluding hydrogens is 328 g/mol. The van der Waals surface area contributed by atoms with Crippen molar-refractivity contribution in [3.63, 3.8) is 0 Å². The van der Waals surface area contributed by atoms with Gasteiger partial charge < -0.3 is 15.4 Å². The lowest BCUT2D eigenvalue weighted by molar-refractivity contribution is -0.119. The van der Waals surface area contributed by atoms with Gasteiger partial charge in [-0.15, -0.1) is 0 Å². The van der Waals surface area contributed by atoms with E-state index in [0.717, 1.165) is 18.6 Å². The number of hydrogen-bond donors (Lipinski definition) is 2. The van der Waals surface area contributed by atoms with Gasteiger partial charge in [0.2, 0.25) is 5.91 Å². The highest BCUT2D eigenvalue weighted by Crippen LogP contribution is 2.26. The van der Waals surface area contributed by atoms with E-state index in [2.05, 4.69) is 16.7 Å². The fraction of sp³-hybridized carbons (Fsp3) is 0.333. The summed E-state index contributed by atoms with van der Waals surface area (Å²) in [6.45, 7) is 3.64. The molecule has 136 valence electrons. The molecule has 0 spiro atoms. The Kier molecular flexibility index (Phi) is 5.56. The molecule has 0 heterocycles. The first kappa shape index (κ1) is 18.0. The van der Waals surface area contributed by atoms with E-state index in [4.69, 9.17) is 4.74 Å². The fourth-order valence-corrected chi connectivity index (χ4v) is 2.91. The molecule has 0 saturated heterocycles. The lowest BCUT2D eigenvalue weighted by Crippen LogP contribution is -2.20. The molecule has 5 nitrogen and oxygen atoms in total. The van der Waals surface area contributed by atoms with Gasteiger partial charge in [0.15, 0.2) is 6.61 Å². The van der Waals surface area contributed by atoms with Gasteiger partial charge in [0.05, 0.1) is 0 Å². The summed E-state index contributed by atoms with van der Waals surface area (Å²) >= 11 is 0. The van der Waals surface area contributed by atoms with E-state index in [1.54, 1.807) is 24.3 Å². The number of fused-ring (bicyclic) bond motifs is 1. The number of amides is 2. The SMILES string of the molecule is CC(C)C(=O)Nc1ccc(NC(=O)COc2ccc3c(c2)CCC3)cc1. The Morgan fingerprint density at radius 1 is 0.962 bits per heavy atom. The first-order valence-corrected chi connectivity index (χ1v) is 8.96. The van der Waals surface area contributed by atoms with Crippen LogP contribution in [-0.4, -0.2) is 18.4 Å². The number of benzene rings is 2. The molecule has 0 fully saturated rings. The molecule has 1 aliphatic carbocycles. The maximum Gasteiger partial charge on any atom is 0.262 e. The number of carbonyl (C=O) groups is 2. The second kappa shape index (κ2) is 8.04. The van der Waals surface area contributed by atoms with Crippen molar-refractivity contribution in [2.24, 2.45) is 5.92 Å². The van der Waals surface area contributed by atoms with Gasteiger partial charge in [0.25, 0.3) is 5.91 Å². The van der Waals surface area contributed by atoms with Crippen molar-refractivity contribution in [3.05, 3.63) is 53.6 Å². The third-order valence-corrected chi connectivity index (χ3v) is 4.40. The first-order valence-electron chi connectivity index (χ1n) is 8.96. The summed E-state index contributed by atoms with van der Waals surface area (Å²) in [4.78, 5) is 23.7. The molecule has 0 unspecified atom stereocenters. The topological polar surface area (TPSA) is 67.4 Å². The molecule has 0 saturated carbocycles. The van der Waals surface area contributed by atoms with Crippen LogP contribution in [0.4, 0.5) is 11.4 Å². The molecule has 5 heteroatoms. The molecule has 2 aromatic rings. The smallest absolute Gasteiger partial charge is 0.262 e. The molecule has 2 N–H and O–H groups in total. The van der Waals surface area contributed by atoms with Gasteiger partial charge in [0, 0.05) is 17.3 Å². The largest absolute Gasteiger partial charge is 0.484 e. The van der Waals surface area contributed by atoms with Crippen molar-refractivity contribution in [1.29, 1.82) is 0 Å². The zero-order valence-corrected chi connectivity index (χ0v) is 15.2. The molecule has 0 radical (unpaired) electrons. The number of hydrogen-bond acceptors (Lipinski definition) is 3. The monoisotopic (exact) mass is 352 g/mol. The predicted molar refractivity (Wildman–Crippen MR) is 103 cm³/mol. The maximum atomic E-state index is 12.1. The van der Waals surface area contributed by atoms with Crippen molar-refractivity contribution < 1.29 is 14.3 Å². The van der Waals surface area contributed by atoms with Crippen LogP contribution in [0, 0.1) is 5.92 Å². The number of ether oxygens (including phenoxy) is 1. The lowest BCUT2D eigenvalue weighted by atomic mass is 10.1.